The van der Waals surface area contributed by atoms with Gasteiger partial charge in [0.2, 0.25) is 0 Å². The quantitative estimate of drug-likeness (QED) is 0.519. The molecule has 0 aromatic carbocycles. The van der Waals surface area contributed by atoms with E-state index in [1.165, 1.54) is 17.8 Å². The van der Waals surface area contributed by atoms with Crippen LogP contribution in [0.3, 0.4) is 0 Å². The van der Waals surface area contributed by atoms with Crippen LogP contribution in [0.2, 0.25) is 0 Å². The molecule has 4 N–H and O–H groups in total. The van der Waals surface area contributed by atoms with Gasteiger partial charge in [-0.15, -0.1) is 0 Å². The van der Waals surface area contributed by atoms with Gasteiger partial charge in [0.25, 0.3) is 5.56 Å². The number of aliphatic hydroxyl groups is 1. The van der Waals surface area contributed by atoms with E-state index >= 15 is 0 Å². The van der Waals surface area contributed by atoms with Crippen LogP contribution in [0.4, 0.5) is 0 Å². The lowest BCUT2D eigenvalue weighted by molar-refractivity contribution is 0.277. The lowest BCUT2D eigenvalue weighted by Gasteiger charge is -2.20. The molecule has 17 heavy (non-hydrogen) atoms. The van der Waals surface area contributed by atoms with Crippen LogP contribution in [-0.2, 0) is 0 Å². The number of hydrogen-bond acceptors (Lipinski definition) is 5. The van der Waals surface area contributed by atoms with Gasteiger partial charge < -0.3 is 15.8 Å². The fraction of sp³-hybridized carbons (Fsp3) is 0.636. The summed E-state index contributed by atoms with van der Waals surface area (Å²) in [4.78, 5) is 18.2. The van der Waals surface area contributed by atoms with Crippen LogP contribution in [0.15, 0.2) is 16.0 Å². The molecule has 2 rings (SSSR count). The average Bonchev–Trinajstić information content (AvgIpc) is 3.07. The topological polar surface area (TPSA) is 92.0 Å². The van der Waals surface area contributed by atoms with Crippen molar-refractivity contribution in [3.8, 4) is 0 Å². The van der Waals surface area contributed by atoms with Gasteiger partial charge in [0.15, 0.2) is 5.16 Å². The maximum atomic E-state index is 11.3. The second kappa shape index (κ2) is 5.20. The summed E-state index contributed by atoms with van der Waals surface area (Å²) in [6, 6.07) is 1.41. The van der Waals surface area contributed by atoms with Crippen LogP contribution < -0.4 is 11.3 Å². The number of nitrogens with one attached hydrogen (secondary N) is 1. The van der Waals surface area contributed by atoms with E-state index < -0.39 is 0 Å². The minimum absolute atomic E-state index is 0.0000142. The van der Waals surface area contributed by atoms with Crippen LogP contribution in [0.1, 0.15) is 18.5 Å². The van der Waals surface area contributed by atoms with E-state index in [4.69, 9.17) is 5.73 Å². The Labute approximate surface area is 104 Å². The third-order valence-electron chi connectivity index (χ3n) is 2.89. The van der Waals surface area contributed by atoms with E-state index in [2.05, 4.69) is 9.97 Å². The van der Waals surface area contributed by atoms with Crippen LogP contribution >= 0.6 is 11.8 Å². The van der Waals surface area contributed by atoms with Crippen molar-refractivity contribution in [2.75, 3.05) is 6.61 Å². The zero-order chi connectivity index (χ0) is 12.4. The molecule has 0 amide bonds. The van der Waals surface area contributed by atoms with E-state index in [1.807, 2.05) is 0 Å². The number of H-pyrrole nitrogens is 1. The van der Waals surface area contributed by atoms with Crippen LogP contribution in [0, 0.1) is 12.8 Å². The first-order chi connectivity index (χ1) is 8.10. The van der Waals surface area contributed by atoms with Gasteiger partial charge in [-0.3, -0.25) is 4.79 Å². The highest BCUT2D eigenvalue weighted by atomic mass is 32.2. The summed E-state index contributed by atoms with van der Waals surface area (Å²) in [6.07, 6.45) is 2.27. The summed E-state index contributed by atoms with van der Waals surface area (Å²) in [5.74, 6) is 0.510. The Balaban J connectivity index is 2.08. The normalized spacial score (nSPS) is 19.0. The minimum atomic E-state index is -0.170. The fourth-order valence-corrected chi connectivity index (χ4v) is 2.87. The molecule has 6 heteroatoms. The van der Waals surface area contributed by atoms with Crippen molar-refractivity contribution in [3.63, 3.8) is 0 Å². The van der Waals surface area contributed by atoms with Gasteiger partial charge in [0.05, 0.1) is 11.9 Å². The zero-order valence-electron chi connectivity index (χ0n) is 9.72. The van der Waals surface area contributed by atoms with E-state index in [0.717, 1.165) is 12.8 Å². The second-order valence-electron chi connectivity index (χ2n) is 4.45. The largest absolute Gasteiger partial charge is 0.395 e. The number of rotatable bonds is 5. The van der Waals surface area contributed by atoms with Crippen molar-refractivity contribution in [1.29, 1.82) is 0 Å². The first-order valence-electron chi connectivity index (χ1n) is 5.71. The van der Waals surface area contributed by atoms with Crippen molar-refractivity contribution in [3.05, 3.63) is 22.1 Å². The van der Waals surface area contributed by atoms with Crippen molar-refractivity contribution in [1.82, 2.24) is 9.97 Å². The number of aryl methyl sites for hydroxylation is 1. The van der Waals surface area contributed by atoms with Crippen LogP contribution in [-0.4, -0.2) is 33.0 Å². The van der Waals surface area contributed by atoms with E-state index in [1.54, 1.807) is 6.92 Å². The van der Waals surface area contributed by atoms with Gasteiger partial charge in [-0.05, 0) is 25.7 Å². The Hall–Kier alpha value is -0.850. The summed E-state index contributed by atoms with van der Waals surface area (Å²) >= 11 is 1.35. The number of aliphatic hydroxyl groups excluding tert-OH is 1. The predicted octanol–water partition coefficient (Wildman–Crippen LogP) is 0.269. The van der Waals surface area contributed by atoms with E-state index in [0.29, 0.717) is 16.8 Å². The molecule has 1 fully saturated rings. The maximum Gasteiger partial charge on any atom is 0.251 e. The number of nitrogens with zero attached hydrogens (tertiary/aromatic N) is 1. The molecule has 0 spiro atoms. The van der Waals surface area contributed by atoms with Crippen LogP contribution in [0.25, 0.3) is 0 Å². The molecule has 1 aliphatic rings. The Morgan fingerprint density at radius 2 is 2.41 bits per heavy atom. The highest BCUT2D eigenvalue weighted by molar-refractivity contribution is 7.99. The number of thioether (sulfide) groups is 1. The molecule has 5 nitrogen and oxygen atoms in total. The molecule has 0 radical (unpaired) electrons. The third kappa shape index (κ3) is 3.31. The molecule has 0 saturated heterocycles. The number of aromatic nitrogens is 2. The molecule has 1 aromatic heterocycles. The van der Waals surface area contributed by atoms with Gasteiger partial charge >= 0.3 is 0 Å². The molecular formula is C11H17N3O2S. The third-order valence-corrected chi connectivity index (χ3v) is 4.07. The highest BCUT2D eigenvalue weighted by Gasteiger charge is 2.34. The van der Waals surface area contributed by atoms with Crippen molar-refractivity contribution < 1.29 is 5.11 Å². The van der Waals surface area contributed by atoms with Crippen molar-refractivity contribution in [2.24, 2.45) is 11.7 Å². The van der Waals surface area contributed by atoms with Crippen molar-refractivity contribution >= 4 is 11.8 Å². The summed E-state index contributed by atoms with van der Waals surface area (Å²) in [7, 11) is 0. The number of hydrogen-bond donors (Lipinski definition) is 3. The predicted molar refractivity (Wildman–Crippen MR) is 67.0 cm³/mol. The molecule has 1 saturated carbocycles. The molecule has 1 aliphatic carbocycles. The smallest absolute Gasteiger partial charge is 0.251 e. The summed E-state index contributed by atoms with van der Waals surface area (Å²) in [5, 5.41) is 9.78. The molecular weight excluding hydrogens is 238 g/mol. The van der Waals surface area contributed by atoms with E-state index in [9.17, 15) is 9.90 Å². The van der Waals surface area contributed by atoms with Crippen LogP contribution in [0.5, 0.6) is 0 Å². The number of nitrogens with two attached hydrogens (primary N) is 1. The Morgan fingerprint density at radius 1 is 1.71 bits per heavy atom. The summed E-state index contributed by atoms with van der Waals surface area (Å²) < 4.78 is 0. The first kappa shape index (κ1) is 12.6. The van der Waals surface area contributed by atoms with Gasteiger partial charge in [-0.25, -0.2) is 4.98 Å². The monoisotopic (exact) mass is 255 g/mol. The first-order valence-corrected chi connectivity index (χ1v) is 6.59. The molecule has 94 valence electrons. The maximum absolute atomic E-state index is 11.3. The van der Waals surface area contributed by atoms with Gasteiger partial charge in [-0.2, -0.15) is 0 Å². The van der Waals surface area contributed by atoms with Crippen molar-refractivity contribution in [2.45, 2.75) is 36.2 Å². The highest BCUT2D eigenvalue weighted by Crippen LogP contribution is 2.36. The Morgan fingerprint density at radius 3 is 2.94 bits per heavy atom. The molecule has 2 unspecified atom stereocenters. The minimum Gasteiger partial charge on any atom is -0.395 e. The Bertz CT molecular complexity index is 445. The molecule has 0 bridgehead atoms. The lowest BCUT2D eigenvalue weighted by atomic mass is 10.1. The van der Waals surface area contributed by atoms with Gasteiger partial charge in [0.1, 0.15) is 0 Å². The SMILES string of the molecule is Cc1cc(=O)[nH]c(SC(CO)C(N)C2CC2)n1. The fourth-order valence-electron chi connectivity index (χ4n) is 1.77. The second-order valence-corrected chi connectivity index (χ2v) is 5.67. The average molecular weight is 255 g/mol. The summed E-state index contributed by atoms with van der Waals surface area (Å²) in [5.41, 5.74) is 6.56. The molecule has 2 atom stereocenters. The molecule has 0 aliphatic heterocycles. The number of aromatic amines is 1. The van der Waals surface area contributed by atoms with E-state index in [-0.39, 0.29) is 23.5 Å². The Kier molecular flexibility index (Phi) is 3.86. The van der Waals surface area contributed by atoms with Gasteiger partial charge in [-0.1, -0.05) is 11.8 Å². The summed E-state index contributed by atoms with van der Waals surface area (Å²) in [6.45, 7) is 1.77. The standard InChI is InChI=1S/C11H17N3O2S/c1-6-4-9(16)14-11(13-6)17-8(5-15)10(12)7-2-3-7/h4,7-8,10,15H,2-3,5,12H2,1H3,(H,13,14,16). The molecule has 1 aromatic rings. The van der Waals surface area contributed by atoms with Gasteiger partial charge in [0, 0.05) is 17.8 Å². The molecule has 1 heterocycles. The lowest BCUT2D eigenvalue weighted by Crippen LogP contribution is -2.37. The zero-order valence-corrected chi connectivity index (χ0v) is 10.5.